The van der Waals surface area contributed by atoms with Crippen LogP contribution in [0.4, 0.5) is 5.88 Å². The number of methoxy groups -OCH3 is 1. The van der Waals surface area contributed by atoms with E-state index < -0.39 is 9.84 Å². The molecule has 3 aromatic carbocycles. The number of nitrogens with zero attached hydrogens (tertiary/aromatic N) is 1. The first kappa shape index (κ1) is 21.9. The normalized spacial score (nSPS) is 11.3. The number of ether oxygens (including phenoxy) is 1. The van der Waals surface area contributed by atoms with Gasteiger partial charge in [0.15, 0.2) is 0 Å². The Balaban J connectivity index is 1.67. The SMILES string of the molecule is COc1ccc(Cc2nc(S(=O)(=O)c3ccc(Cl)cc3)c(NCc3ccccc3)o2)cc1. The second-order valence-corrected chi connectivity index (χ2v) is 9.36. The number of sulfone groups is 1. The van der Waals surface area contributed by atoms with Crippen molar-refractivity contribution in [3.05, 3.63) is 101 Å². The van der Waals surface area contributed by atoms with Crippen LogP contribution in [0.5, 0.6) is 5.75 Å². The highest BCUT2D eigenvalue weighted by Gasteiger charge is 2.28. The molecule has 0 atom stereocenters. The zero-order valence-corrected chi connectivity index (χ0v) is 18.9. The fraction of sp³-hybridized carbons (Fsp3) is 0.125. The smallest absolute Gasteiger partial charge is 0.233 e. The Bertz CT molecular complexity index is 1290. The molecule has 0 radical (unpaired) electrons. The summed E-state index contributed by atoms with van der Waals surface area (Å²) in [7, 11) is -2.32. The molecule has 0 bridgehead atoms. The summed E-state index contributed by atoms with van der Waals surface area (Å²) in [6.45, 7) is 0.390. The Morgan fingerprint density at radius 2 is 1.62 bits per heavy atom. The highest BCUT2D eigenvalue weighted by molar-refractivity contribution is 7.91. The monoisotopic (exact) mass is 468 g/mol. The van der Waals surface area contributed by atoms with E-state index in [9.17, 15) is 8.42 Å². The van der Waals surface area contributed by atoms with Gasteiger partial charge in [-0.2, -0.15) is 4.98 Å². The van der Waals surface area contributed by atoms with Gasteiger partial charge in [0.1, 0.15) is 5.75 Å². The van der Waals surface area contributed by atoms with Crippen molar-refractivity contribution >= 4 is 27.3 Å². The Labute approximate surface area is 191 Å². The van der Waals surface area contributed by atoms with E-state index in [1.54, 1.807) is 7.11 Å². The molecule has 1 N–H and O–H groups in total. The maximum Gasteiger partial charge on any atom is 0.233 e. The molecule has 164 valence electrons. The highest BCUT2D eigenvalue weighted by atomic mass is 35.5. The van der Waals surface area contributed by atoms with Gasteiger partial charge in [-0.3, -0.25) is 0 Å². The lowest BCUT2D eigenvalue weighted by atomic mass is 10.1. The van der Waals surface area contributed by atoms with Crippen LogP contribution in [0.15, 0.2) is 93.2 Å². The minimum Gasteiger partial charge on any atom is -0.497 e. The van der Waals surface area contributed by atoms with Crippen molar-refractivity contribution in [2.45, 2.75) is 22.9 Å². The van der Waals surface area contributed by atoms with Gasteiger partial charge in [-0.05, 0) is 47.5 Å². The van der Waals surface area contributed by atoms with Crippen molar-refractivity contribution in [1.29, 1.82) is 0 Å². The van der Waals surface area contributed by atoms with Crippen molar-refractivity contribution < 1.29 is 17.6 Å². The van der Waals surface area contributed by atoms with Crippen molar-refractivity contribution in [1.82, 2.24) is 4.98 Å². The van der Waals surface area contributed by atoms with E-state index in [2.05, 4.69) is 10.3 Å². The van der Waals surface area contributed by atoms with Gasteiger partial charge in [0.2, 0.25) is 26.6 Å². The molecule has 0 saturated carbocycles. The Hall–Kier alpha value is -3.29. The van der Waals surface area contributed by atoms with Gasteiger partial charge in [-0.25, -0.2) is 8.42 Å². The molecule has 0 aliphatic carbocycles. The van der Waals surface area contributed by atoms with E-state index in [1.165, 1.54) is 24.3 Å². The van der Waals surface area contributed by atoms with Gasteiger partial charge in [0.05, 0.1) is 12.0 Å². The quantitative estimate of drug-likeness (QED) is 0.374. The van der Waals surface area contributed by atoms with Crippen LogP contribution in [-0.2, 0) is 22.8 Å². The molecule has 0 amide bonds. The zero-order valence-electron chi connectivity index (χ0n) is 17.3. The van der Waals surface area contributed by atoms with Gasteiger partial charge in [0, 0.05) is 18.0 Å². The Morgan fingerprint density at radius 1 is 0.938 bits per heavy atom. The van der Waals surface area contributed by atoms with E-state index in [0.717, 1.165) is 16.9 Å². The summed E-state index contributed by atoms with van der Waals surface area (Å²) < 4.78 is 37.7. The van der Waals surface area contributed by atoms with Gasteiger partial charge in [0.25, 0.3) is 0 Å². The molecule has 1 aromatic heterocycles. The van der Waals surface area contributed by atoms with Gasteiger partial charge >= 0.3 is 0 Å². The predicted octanol–water partition coefficient (Wildman–Crippen LogP) is 5.37. The molecule has 8 heteroatoms. The molecule has 0 aliphatic rings. The van der Waals surface area contributed by atoms with Crippen LogP contribution in [0.1, 0.15) is 17.0 Å². The Morgan fingerprint density at radius 3 is 2.28 bits per heavy atom. The summed E-state index contributed by atoms with van der Waals surface area (Å²) in [5.74, 6) is 1.13. The second-order valence-electron chi connectivity index (χ2n) is 7.06. The minimum absolute atomic E-state index is 0.0916. The molecular formula is C24H21ClN2O4S. The van der Waals surface area contributed by atoms with Crippen LogP contribution in [0.2, 0.25) is 5.02 Å². The van der Waals surface area contributed by atoms with Crippen LogP contribution in [0.25, 0.3) is 0 Å². The van der Waals surface area contributed by atoms with Crippen molar-refractivity contribution in [3.63, 3.8) is 0 Å². The van der Waals surface area contributed by atoms with Crippen LogP contribution in [-0.4, -0.2) is 20.5 Å². The fourth-order valence-electron chi connectivity index (χ4n) is 3.14. The number of benzene rings is 3. The summed E-state index contributed by atoms with van der Waals surface area (Å²) in [6, 6.07) is 23.0. The van der Waals surface area contributed by atoms with E-state index in [4.69, 9.17) is 20.8 Å². The molecule has 32 heavy (non-hydrogen) atoms. The summed E-state index contributed by atoms with van der Waals surface area (Å²) in [5, 5.41) is 3.38. The number of hydrogen-bond donors (Lipinski definition) is 1. The average Bonchev–Trinajstić information content (AvgIpc) is 3.23. The lowest BCUT2D eigenvalue weighted by Gasteiger charge is -2.06. The van der Waals surface area contributed by atoms with E-state index in [1.807, 2.05) is 54.6 Å². The van der Waals surface area contributed by atoms with Crippen LogP contribution >= 0.6 is 11.6 Å². The average molecular weight is 469 g/mol. The van der Waals surface area contributed by atoms with Gasteiger partial charge in [-0.1, -0.05) is 54.1 Å². The van der Waals surface area contributed by atoms with E-state index in [-0.39, 0.29) is 15.8 Å². The zero-order chi connectivity index (χ0) is 22.6. The fourth-order valence-corrected chi connectivity index (χ4v) is 4.56. The van der Waals surface area contributed by atoms with Crippen LogP contribution in [0, 0.1) is 0 Å². The third-order valence-corrected chi connectivity index (χ3v) is 6.76. The second kappa shape index (κ2) is 9.46. The van der Waals surface area contributed by atoms with Crippen LogP contribution in [0.3, 0.4) is 0 Å². The number of aromatic nitrogens is 1. The van der Waals surface area contributed by atoms with Crippen molar-refractivity contribution in [3.8, 4) is 5.75 Å². The maximum absolute atomic E-state index is 13.3. The van der Waals surface area contributed by atoms with Gasteiger partial charge in [-0.15, -0.1) is 0 Å². The van der Waals surface area contributed by atoms with Crippen LogP contribution < -0.4 is 10.1 Å². The first-order chi connectivity index (χ1) is 15.5. The molecule has 6 nitrogen and oxygen atoms in total. The molecule has 0 aliphatic heterocycles. The maximum atomic E-state index is 13.3. The highest BCUT2D eigenvalue weighted by Crippen LogP contribution is 2.30. The first-order valence-corrected chi connectivity index (χ1v) is 11.7. The lowest BCUT2D eigenvalue weighted by molar-refractivity contribution is 0.414. The molecule has 0 unspecified atom stereocenters. The number of anilines is 1. The molecule has 4 rings (SSSR count). The number of halogens is 1. The number of rotatable bonds is 8. The summed E-state index contributed by atoms with van der Waals surface area (Å²) in [4.78, 5) is 4.44. The largest absolute Gasteiger partial charge is 0.497 e. The van der Waals surface area contributed by atoms with Crippen molar-refractivity contribution in [2.24, 2.45) is 0 Å². The molecule has 1 heterocycles. The standard InChI is InChI=1S/C24H21ClN2O4S/c1-30-20-11-7-17(8-12-20)15-22-27-24(32(28,29)21-13-9-19(25)10-14-21)23(31-22)26-16-18-5-3-2-4-6-18/h2-14,26H,15-16H2,1H3. The first-order valence-electron chi connectivity index (χ1n) is 9.87. The molecule has 0 saturated heterocycles. The van der Waals surface area contributed by atoms with E-state index >= 15 is 0 Å². The van der Waals surface area contributed by atoms with Crippen molar-refractivity contribution in [2.75, 3.05) is 12.4 Å². The summed E-state index contributed by atoms with van der Waals surface area (Å²) in [6.07, 6.45) is 0.333. The molecular weight excluding hydrogens is 448 g/mol. The number of oxazole rings is 1. The van der Waals surface area contributed by atoms with Gasteiger partial charge < -0.3 is 14.5 Å². The topological polar surface area (TPSA) is 81.4 Å². The number of hydrogen-bond acceptors (Lipinski definition) is 6. The molecule has 4 aromatic rings. The predicted molar refractivity (Wildman–Crippen MR) is 123 cm³/mol. The molecule has 0 fully saturated rings. The minimum atomic E-state index is -3.92. The third-order valence-electron chi connectivity index (χ3n) is 4.83. The Kier molecular flexibility index (Phi) is 6.48. The van der Waals surface area contributed by atoms with E-state index in [0.29, 0.717) is 23.9 Å². The summed E-state index contributed by atoms with van der Waals surface area (Å²) >= 11 is 5.92. The number of nitrogens with one attached hydrogen (secondary N) is 1. The molecule has 0 spiro atoms. The lowest BCUT2D eigenvalue weighted by Crippen LogP contribution is -2.07. The third kappa shape index (κ3) is 4.95. The summed E-state index contributed by atoms with van der Waals surface area (Å²) in [5.41, 5.74) is 1.90.